The fraction of sp³-hybridized carbons (Fsp3) is 0.520. The third-order valence-electron chi connectivity index (χ3n) is 6.55. The lowest BCUT2D eigenvalue weighted by Crippen LogP contribution is -2.32. The minimum Gasteiger partial charge on any atom is -0.363 e. The average Bonchev–Trinajstić information content (AvgIpc) is 3.44. The second kappa shape index (κ2) is 9.67. The van der Waals surface area contributed by atoms with Crippen molar-refractivity contribution in [2.75, 3.05) is 32.6 Å². The van der Waals surface area contributed by atoms with Crippen molar-refractivity contribution in [1.82, 2.24) is 19.8 Å². The Balaban J connectivity index is 1.50. The minimum absolute atomic E-state index is 0.0301. The number of carbonyl (C=O) groups is 2. The summed E-state index contributed by atoms with van der Waals surface area (Å²) in [7, 11) is 5.74. The van der Waals surface area contributed by atoms with Gasteiger partial charge < -0.3 is 14.7 Å². The molecule has 1 aromatic heterocycles. The van der Waals surface area contributed by atoms with Crippen molar-refractivity contribution in [2.45, 2.75) is 51.1 Å². The van der Waals surface area contributed by atoms with Crippen LogP contribution in [0.4, 0.5) is 5.82 Å². The Kier molecular flexibility index (Phi) is 6.72. The number of carbonyl (C=O) groups excluding carboxylic acids is 2. The van der Waals surface area contributed by atoms with Crippen molar-refractivity contribution < 1.29 is 9.59 Å². The van der Waals surface area contributed by atoms with Crippen molar-refractivity contribution in [3.8, 4) is 0 Å². The summed E-state index contributed by atoms with van der Waals surface area (Å²) in [5.41, 5.74) is 2.01. The van der Waals surface area contributed by atoms with E-state index in [2.05, 4.69) is 4.98 Å². The van der Waals surface area contributed by atoms with Crippen LogP contribution in [0.1, 0.15) is 55.1 Å². The maximum atomic E-state index is 12.8. The second-order valence-corrected chi connectivity index (χ2v) is 9.30. The molecule has 0 radical (unpaired) electrons. The van der Waals surface area contributed by atoms with Crippen molar-refractivity contribution in [3.05, 3.63) is 53.5 Å². The highest BCUT2D eigenvalue weighted by molar-refractivity contribution is 5.80. The third-order valence-corrected chi connectivity index (χ3v) is 6.55. The number of aromatic nitrogens is 2. The van der Waals surface area contributed by atoms with Crippen LogP contribution in [0.3, 0.4) is 0 Å². The Morgan fingerprint density at radius 2 is 1.81 bits per heavy atom. The summed E-state index contributed by atoms with van der Waals surface area (Å²) >= 11 is 0. The highest BCUT2D eigenvalue weighted by atomic mass is 16.2. The molecule has 1 saturated carbocycles. The molecule has 32 heavy (non-hydrogen) atoms. The van der Waals surface area contributed by atoms with Crippen LogP contribution in [-0.4, -0.2) is 59.3 Å². The van der Waals surface area contributed by atoms with E-state index in [1.807, 2.05) is 67.3 Å². The molecule has 2 aliphatic rings. The van der Waals surface area contributed by atoms with Crippen LogP contribution >= 0.6 is 0 Å². The molecule has 0 N–H and O–H groups in total. The van der Waals surface area contributed by atoms with Gasteiger partial charge in [-0.1, -0.05) is 43.2 Å². The Bertz CT molecular complexity index is 956. The van der Waals surface area contributed by atoms with Gasteiger partial charge in [-0.25, -0.2) is 9.97 Å². The van der Waals surface area contributed by atoms with E-state index in [-0.39, 0.29) is 23.7 Å². The van der Waals surface area contributed by atoms with E-state index >= 15 is 0 Å². The lowest BCUT2D eigenvalue weighted by atomic mass is 10.0. The van der Waals surface area contributed by atoms with E-state index in [4.69, 9.17) is 4.98 Å². The van der Waals surface area contributed by atoms with Crippen molar-refractivity contribution >= 4 is 17.6 Å². The molecule has 0 bridgehead atoms. The molecule has 4 rings (SSSR count). The quantitative estimate of drug-likeness (QED) is 0.668. The van der Waals surface area contributed by atoms with Gasteiger partial charge in [-0.15, -0.1) is 0 Å². The first kappa shape index (κ1) is 22.2. The molecule has 0 unspecified atom stereocenters. The van der Waals surface area contributed by atoms with E-state index in [0.29, 0.717) is 31.9 Å². The maximum absolute atomic E-state index is 12.8. The predicted molar refractivity (Wildman–Crippen MR) is 124 cm³/mol. The smallest absolute Gasteiger partial charge is 0.225 e. The van der Waals surface area contributed by atoms with Gasteiger partial charge in [-0.2, -0.15) is 0 Å². The van der Waals surface area contributed by atoms with Gasteiger partial charge in [0.15, 0.2) is 0 Å². The third kappa shape index (κ3) is 5.09. The summed E-state index contributed by atoms with van der Waals surface area (Å²) < 4.78 is 0. The summed E-state index contributed by atoms with van der Waals surface area (Å²) in [6.45, 7) is 1.65. The standard InChI is InChI=1S/C25H33N5O2/c1-28(2)23-14-21(20-13-24(31)30(16-20)15-18-9-5-4-6-10-18)26-22(27-23)17-29(3)25(32)19-11-7-8-12-19/h4-6,9-10,14,19-20H,7-8,11-13,15-17H2,1-3H3/t20-/m0/s1. The first-order chi connectivity index (χ1) is 15.4. The van der Waals surface area contributed by atoms with E-state index in [1.54, 1.807) is 4.90 Å². The van der Waals surface area contributed by atoms with E-state index in [9.17, 15) is 9.59 Å². The molecule has 1 aliphatic carbocycles. The predicted octanol–water partition coefficient (Wildman–Crippen LogP) is 3.21. The maximum Gasteiger partial charge on any atom is 0.225 e. The molecule has 2 heterocycles. The molecule has 7 heteroatoms. The lowest BCUT2D eigenvalue weighted by molar-refractivity contribution is -0.134. The molecular weight excluding hydrogens is 402 g/mol. The first-order valence-electron chi connectivity index (χ1n) is 11.5. The summed E-state index contributed by atoms with van der Waals surface area (Å²) in [5.74, 6) is 1.94. The van der Waals surface area contributed by atoms with E-state index in [0.717, 1.165) is 42.8 Å². The average molecular weight is 436 g/mol. The first-order valence-corrected chi connectivity index (χ1v) is 11.5. The molecule has 7 nitrogen and oxygen atoms in total. The lowest BCUT2D eigenvalue weighted by Gasteiger charge is -2.22. The van der Waals surface area contributed by atoms with Gasteiger partial charge in [0.2, 0.25) is 11.8 Å². The molecule has 1 aliphatic heterocycles. The zero-order chi connectivity index (χ0) is 22.7. The number of hydrogen-bond donors (Lipinski definition) is 0. The Labute approximate surface area is 190 Å². The summed E-state index contributed by atoms with van der Waals surface area (Å²) in [4.78, 5) is 40.6. The highest BCUT2D eigenvalue weighted by Gasteiger charge is 2.32. The molecule has 1 aromatic carbocycles. The van der Waals surface area contributed by atoms with E-state index in [1.165, 1.54) is 0 Å². The fourth-order valence-corrected chi connectivity index (χ4v) is 4.71. The van der Waals surface area contributed by atoms with Crippen LogP contribution in [0.5, 0.6) is 0 Å². The molecule has 2 fully saturated rings. The normalized spacial score (nSPS) is 18.9. The van der Waals surface area contributed by atoms with Crippen LogP contribution in [0.2, 0.25) is 0 Å². The Morgan fingerprint density at radius 3 is 2.50 bits per heavy atom. The van der Waals surface area contributed by atoms with Gasteiger partial charge in [-0.05, 0) is 18.4 Å². The molecule has 0 spiro atoms. The second-order valence-electron chi connectivity index (χ2n) is 9.30. The van der Waals surface area contributed by atoms with Crippen molar-refractivity contribution in [1.29, 1.82) is 0 Å². The van der Waals surface area contributed by atoms with Crippen LogP contribution in [0.15, 0.2) is 36.4 Å². The molecular formula is C25H33N5O2. The van der Waals surface area contributed by atoms with Gasteiger partial charge in [0.05, 0.1) is 12.2 Å². The van der Waals surface area contributed by atoms with Crippen LogP contribution in [0, 0.1) is 5.92 Å². The van der Waals surface area contributed by atoms with E-state index < -0.39 is 0 Å². The van der Waals surface area contributed by atoms with Crippen LogP contribution in [-0.2, 0) is 22.7 Å². The highest BCUT2D eigenvalue weighted by Crippen LogP contribution is 2.30. The summed E-state index contributed by atoms with van der Waals surface area (Å²) in [6.07, 6.45) is 4.68. The topological polar surface area (TPSA) is 69.6 Å². The largest absolute Gasteiger partial charge is 0.363 e. The molecule has 1 atom stereocenters. The number of likely N-dealkylation sites (tertiary alicyclic amines) is 1. The molecule has 1 saturated heterocycles. The fourth-order valence-electron chi connectivity index (χ4n) is 4.71. The van der Waals surface area contributed by atoms with Crippen LogP contribution < -0.4 is 4.90 Å². The van der Waals surface area contributed by atoms with Gasteiger partial charge in [0, 0.05) is 58.6 Å². The number of hydrogen-bond acceptors (Lipinski definition) is 5. The van der Waals surface area contributed by atoms with Crippen LogP contribution in [0.25, 0.3) is 0 Å². The monoisotopic (exact) mass is 435 g/mol. The summed E-state index contributed by atoms with van der Waals surface area (Å²) in [5, 5.41) is 0. The molecule has 2 aromatic rings. The number of amides is 2. The minimum atomic E-state index is 0.0301. The SMILES string of the molecule is CN(Cc1nc([C@H]2CC(=O)N(Cc3ccccc3)C2)cc(N(C)C)n1)C(=O)C1CCCC1. The number of nitrogens with zero attached hydrogens (tertiary/aromatic N) is 5. The number of rotatable bonds is 7. The van der Waals surface area contributed by atoms with Gasteiger partial charge in [-0.3, -0.25) is 9.59 Å². The molecule has 170 valence electrons. The Morgan fingerprint density at radius 1 is 1.09 bits per heavy atom. The van der Waals surface area contributed by atoms with Gasteiger partial charge in [0.25, 0.3) is 0 Å². The Hall–Kier alpha value is -2.96. The van der Waals surface area contributed by atoms with Gasteiger partial charge in [0.1, 0.15) is 11.6 Å². The number of benzene rings is 1. The summed E-state index contributed by atoms with van der Waals surface area (Å²) in [6, 6.07) is 12.0. The zero-order valence-electron chi connectivity index (χ0n) is 19.3. The van der Waals surface area contributed by atoms with Crippen molar-refractivity contribution in [2.24, 2.45) is 5.92 Å². The van der Waals surface area contributed by atoms with Gasteiger partial charge >= 0.3 is 0 Å². The molecule has 2 amide bonds. The van der Waals surface area contributed by atoms with Crippen molar-refractivity contribution in [3.63, 3.8) is 0 Å². The zero-order valence-corrected chi connectivity index (χ0v) is 19.3. The number of anilines is 1.